The SMILES string of the molecule is CCOc1c(Br)cc([C@H]2Nc3ccccc3NC3=C2C(=O)[C@@H](C(=O)OC)[C@H](C)C3)cc1OC. The second kappa shape index (κ2) is 9.47. The fourth-order valence-corrected chi connectivity index (χ4v) is 5.15. The first-order valence-corrected chi connectivity index (χ1v) is 11.7. The third-order valence-electron chi connectivity index (χ3n) is 6.10. The number of methoxy groups -OCH3 is 2. The van der Waals surface area contributed by atoms with Gasteiger partial charge in [0.05, 0.1) is 42.7 Å². The Morgan fingerprint density at radius 2 is 1.91 bits per heavy atom. The number of benzene rings is 2. The van der Waals surface area contributed by atoms with Crippen LogP contribution in [0, 0.1) is 11.8 Å². The lowest BCUT2D eigenvalue weighted by atomic mass is 9.75. The summed E-state index contributed by atoms with van der Waals surface area (Å²) in [5.74, 6) is -0.641. The molecule has 1 aliphatic heterocycles. The Hall–Kier alpha value is -3.00. The number of ether oxygens (including phenoxy) is 3. The number of hydrogen-bond donors (Lipinski definition) is 2. The highest BCUT2D eigenvalue weighted by Crippen LogP contribution is 2.46. The summed E-state index contributed by atoms with van der Waals surface area (Å²) in [6.45, 7) is 4.29. The molecule has 1 heterocycles. The first kappa shape index (κ1) is 23.2. The standard InChI is InChI=1S/C25H27BrN2O5/c1-5-33-24-15(26)11-14(12-19(24)31-3)22-21-18(27-16-8-6-7-9-17(16)28-22)10-13(2)20(23(21)29)25(30)32-4/h6-9,11-13,20,22,27-28H,5,10H2,1-4H3/t13-,20+,22-/m1/s1. The van der Waals surface area contributed by atoms with Gasteiger partial charge in [-0.3, -0.25) is 9.59 Å². The topological polar surface area (TPSA) is 85.9 Å². The van der Waals surface area contributed by atoms with E-state index in [9.17, 15) is 9.59 Å². The molecule has 0 bridgehead atoms. The zero-order valence-corrected chi connectivity index (χ0v) is 20.6. The van der Waals surface area contributed by atoms with Crippen molar-refractivity contribution < 1.29 is 23.8 Å². The normalized spacial score (nSPS) is 21.7. The number of para-hydroxylation sites is 2. The Morgan fingerprint density at radius 1 is 1.18 bits per heavy atom. The first-order chi connectivity index (χ1) is 15.9. The van der Waals surface area contributed by atoms with Gasteiger partial charge in [-0.15, -0.1) is 0 Å². The monoisotopic (exact) mass is 514 g/mol. The quantitative estimate of drug-likeness (QED) is 0.424. The molecule has 0 fully saturated rings. The molecule has 0 saturated carbocycles. The first-order valence-electron chi connectivity index (χ1n) is 10.9. The lowest BCUT2D eigenvalue weighted by Crippen LogP contribution is -2.39. The minimum absolute atomic E-state index is 0.191. The molecule has 174 valence electrons. The van der Waals surface area contributed by atoms with E-state index in [0.717, 1.165) is 22.6 Å². The molecule has 4 rings (SSSR count). The molecule has 0 radical (unpaired) electrons. The van der Waals surface area contributed by atoms with Crippen molar-refractivity contribution in [2.75, 3.05) is 31.5 Å². The van der Waals surface area contributed by atoms with Gasteiger partial charge in [-0.1, -0.05) is 19.1 Å². The van der Waals surface area contributed by atoms with Crippen LogP contribution in [0.15, 0.2) is 52.1 Å². The predicted molar refractivity (Wildman–Crippen MR) is 130 cm³/mol. The molecule has 2 aromatic carbocycles. The maximum Gasteiger partial charge on any atom is 0.316 e. The molecule has 0 amide bonds. The third kappa shape index (κ3) is 4.19. The van der Waals surface area contributed by atoms with E-state index in [1.165, 1.54) is 7.11 Å². The van der Waals surface area contributed by atoms with Crippen LogP contribution < -0.4 is 20.1 Å². The van der Waals surface area contributed by atoms with Gasteiger partial charge in [0, 0.05) is 11.3 Å². The molecule has 2 aliphatic rings. The molecule has 3 atom stereocenters. The van der Waals surface area contributed by atoms with Crippen LogP contribution in [0.3, 0.4) is 0 Å². The van der Waals surface area contributed by atoms with E-state index in [1.54, 1.807) is 7.11 Å². The van der Waals surface area contributed by atoms with Gasteiger partial charge in [-0.2, -0.15) is 0 Å². The molecule has 1 aliphatic carbocycles. The van der Waals surface area contributed by atoms with E-state index in [1.807, 2.05) is 50.2 Å². The summed E-state index contributed by atoms with van der Waals surface area (Å²) < 4.78 is 17.0. The van der Waals surface area contributed by atoms with Crippen LogP contribution in [0.2, 0.25) is 0 Å². The number of Topliss-reactive ketones (excluding diaryl/α,β-unsaturated/α-hetero) is 1. The number of fused-ring (bicyclic) bond motifs is 1. The van der Waals surface area contributed by atoms with Crippen LogP contribution >= 0.6 is 15.9 Å². The number of anilines is 2. The second-order valence-electron chi connectivity index (χ2n) is 8.15. The molecule has 2 aromatic rings. The highest BCUT2D eigenvalue weighted by molar-refractivity contribution is 9.10. The average Bonchev–Trinajstić information content (AvgIpc) is 2.96. The van der Waals surface area contributed by atoms with Crippen molar-refractivity contribution in [3.63, 3.8) is 0 Å². The fourth-order valence-electron chi connectivity index (χ4n) is 4.57. The zero-order chi connectivity index (χ0) is 23.7. The van der Waals surface area contributed by atoms with Crippen molar-refractivity contribution in [2.45, 2.75) is 26.3 Å². The fraction of sp³-hybridized carbons (Fsp3) is 0.360. The van der Waals surface area contributed by atoms with Crippen LogP contribution in [-0.2, 0) is 14.3 Å². The summed E-state index contributed by atoms with van der Waals surface area (Å²) in [6, 6.07) is 11.1. The van der Waals surface area contributed by atoms with E-state index >= 15 is 0 Å². The summed E-state index contributed by atoms with van der Waals surface area (Å²) in [6.07, 6.45) is 0.544. The van der Waals surface area contributed by atoms with E-state index in [4.69, 9.17) is 14.2 Å². The van der Waals surface area contributed by atoms with Gasteiger partial charge in [0.25, 0.3) is 0 Å². The molecule has 0 aromatic heterocycles. The van der Waals surface area contributed by atoms with Gasteiger partial charge in [0.1, 0.15) is 5.92 Å². The van der Waals surface area contributed by atoms with Crippen molar-refractivity contribution >= 4 is 39.1 Å². The molecule has 0 unspecified atom stereocenters. The van der Waals surface area contributed by atoms with Crippen molar-refractivity contribution in [3.05, 3.63) is 57.7 Å². The molecule has 0 spiro atoms. The number of rotatable bonds is 5. The number of halogens is 1. The number of allylic oxidation sites excluding steroid dienone is 1. The van der Waals surface area contributed by atoms with Crippen molar-refractivity contribution in [1.82, 2.24) is 0 Å². The zero-order valence-electron chi connectivity index (χ0n) is 19.0. The molecule has 33 heavy (non-hydrogen) atoms. The van der Waals surface area contributed by atoms with Gasteiger partial charge in [-0.05, 0) is 65.0 Å². The van der Waals surface area contributed by atoms with E-state index < -0.39 is 17.9 Å². The number of nitrogens with one attached hydrogen (secondary N) is 2. The number of carbonyl (C=O) groups is 2. The predicted octanol–water partition coefficient (Wildman–Crippen LogP) is 5.09. The maximum absolute atomic E-state index is 13.8. The lowest BCUT2D eigenvalue weighted by Gasteiger charge is -2.32. The third-order valence-corrected chi connectivity index (χ3v) is 6.69. The second-order valence-corrected chi connectivity index (χ2v) is 9.01. The van der Waals surface area contributed by atoms with E-state index in [0.29, 0.717) is 34.6 Å². The Bertz CT molecular complexity index is 1130. The highest BCUT2D eigenvalue weighted by Gasteiger charge is 2.44. The van der Waals surface area contributed by atoms with E-state index in [2.05, 4.69) is 26.6 Å². The summed E-state index contributed by atoms with van der Waals surface area (Å²) in [4.78, 5) is 26.3. The van der Waals surface area contributed by atoms with Gasteiger partial charge in [0.15, 0.2) is 17.3 Å². The minimum Gasteiger partial charge on any atom is -0.493 e. The molecular formula is C25H27BrN2O5. The Morgan fingerprint density at radius 3 is 2.58 bits per heavy atom. The lowest BCUT2D eigenvalue weighted by molar-refractivity contribution is -0.151. The van der Waals surface area contributed by atoms with Crippen molar-refractivity contribution in [3.8, 4) is 11.5 Å². The number of hydrogen-bond acceptors (Lipinski definition) is 7. The summed E-state index contributed by atoms with van der Waals surface area (Å²) >= 11 is 3.59. The molecule has 0 saturated heterocycles. The van der Waals surface area contributed by atoms with Crippen LogP contribution in [0.1, 0.15) is 31.9 Å². The van der Waals surface area contributed by atoms with Gasteiger partial charge in [-0.25, -0.2) is 0 Å². The van der Waals surface area contributed by atoms with Crippen LogP contribution in [0.25, 0.3) is 0 Å². The number of ketones is 1. The smallest absolute Gasteiger partial charge is 0.316 e. The summed E-state index contributed by atoms with van der Waals surface area (Å²) in [5.41, 5.74) is 3.87. The van der Waals surface area contributed by atoms with Crippen molar-refractivity contribution in [1.29, 1.82) is 0 Å². The van der Waals surface area contributed by atoms with Crippen LogP contribution in [-0.4, -0.2) is 32.6 Å². The van der Waals surface area contributed by atoms with Crippen LogP contribution in [0.5, 0.6) is 11.5 Å². The Labute approximate surface area is 201 Å². The van der Waals surface area contributed by atoms with E-state index in [-0.39, 0.29) is 11.7 Å². The minimum atomic E-state index is -0.853. The Kier molecular flexibility index (Phi) is 6.65. The summed E-state index contributed by atoms with van der Waals surface area (Å²) in [7, 11) is 2.90. The molecule has 7 nitrogen and oxygen atoms in total. The van der Waals surface area contributed by atoms with Gasteiger partial charge in [0.2, 0.25) is 0 Å². The largest absolute Gasteiger partial charge is 0.493 e. The molecule has 8 heteroatoms. The maximum atomic E-state index is 13.8. The highest BCUT2D eigenvalue weighted by atomic mass is 79.9. The van der Waals surface area contributed by atoms with Crippen molar-refractivity contribution in [2.24, 2.45) is 11.8 Å². The van der Waals surface area contributed by atoms with Gasteiger partial charge < -0.3 is 24.8 Å². The molecular weight excluding hydrogens is 488 g/mol. The average molecular weight is 515 g/mol. The summed E-state index contributed by atoms with van der Waals surface area (Å²) in [5, 5.41) is 6.97. The molecule has 2 N–H and O–H groups in total. The van der Waals surface area contributed by atoms with Crippen LogP contribution in [0.4, 0.5) is 11.4 Å². The van der Waals surface area contributed by atoms with Gasteiger partial charge >= 0.3 is 5.97 Å². The number of carbonyl (C=O) groups excluding carboxylic acids is 2. The Balaban J connectivity index is 1.90. The number of esters is 1.